The number of aliphatic hydroxyl groups excluding tert-OH is 1. The third-order valence-electron chi connectivity index (χ3n) is 5.47. The summed E-state index contributed by atoms with van der Waals surface area (Å²) in [6.45, 7) is 8.11. The Morgan fingerprint density at radius 1 is 1.26 bits per heavy atom. The van der Waals surface area contributed by atoms with Crippen LogP contribution in [0.15, 0.2) is 12.4 Å². The van der Waals surface area contributed by atoms with Crippen molar-refractivity contribution in [3.63, 3.8) is 0 Å². The molecule has 8 nitrogen and oxygen atoms in total. The van der Waals surface area contributed by atoms with Gasteiger partial charge in [0.1, 0.15) is 5.60 Å². The largest absolute Gasteiger partial charge is 0.444 e. The number of hydrogen-bond acceptors (Lipinski definition) is 6. The zero-order valence-electron chi connectivity index (χ0n) is 22.5. The van der Waals surface area contributed by atoms with Gasteiger partial charge in [-0.25, -0.2) is 14.8 Å². The van der Waals surface area contributed by atoms with E-state index in [0.717, 1.165) is 54.8 Å². The number of hydrogen-bond donors (Lipinski definition) is 1. The summed E-state index contributed by atoms with van der Waals surface area (Å²) in [5.74, 6) is 1.32. The van der Waals surface area contributed by atoms with Crippen LogP contribution in [-0.2, 0) is 15.9 Å². The van der Waals surface area contributed by atoms with Crippen LogP contribution in [0.25, 0.3) is 11.2 Å². The van der Waals surface area contributed by atoms with Gasteiger partial charge in [0.15, 0.2) is 0 Å². The molecule has 2 aromatic rings. The summed E-state index contributed by atoms with van der Waals surface area (Å²) in [5, 5.41) is 8.42. The molecule has 3 heterocycles. The van der Waals surface area contributed by atoms with E-state index in [1.165, 1.54) is 0 Å². The predicted molar refractivity (Wildman–Crippen MR) is 140 cm³/mol. The standard InChI is InChI=1S/C20H29N4O3.C5H14OS.U/c1-20(2,3)27-19(25)24-9-7-14(8-10-24)16-13-22-18-17(16)23-15(12-21-18)6-5-11-26-4;1-7(2,3)5-4-6;/h12-14H,5-11H2,1-4H3;6H,4-5H2,1-3H3;/q-1;;. The Balaban J connectivity index is 0.000000672. The van der Waals surface area contributed by atoms with E-state index in [9.17, 15) is 4.79 Å². The van der Waals surface area contributed by atoms with E-state index < -0.39 is 15.6 Å². The van der Waals surface area contributed by atoms with Crippen LogP contribution in [0.3, 0.4) is 0 Å². The second kappa shape index (κ2) is 14.8. The van der Waals surface area contributed by atoms with Crippen molar-refractivity contribution in [1.82, 2.24) is 19.9 Å². The molecule has 2 aromatic heterocycles. The molecule has 1 aliphatic heterocycles. The monoisotopic (exact) mass is 733 g/mol. The number of ether oxygens (including phenoxy) is 2. The van der Waals surface area contributed by atoms with Gasteiger partial charge in [-0.3, -0.25) is 4.98 Å². The minimum Gasteiger partial charge on any atom is -0.444 e. The smallest absolute Gasteiger partial charge is 0.410 e. The summed E-state index contributed by atoms with van der Waals surface area (Å²) in [7, 11) is 1.28. The van der Waals surface area contributed by atoms with Crippen LogP contribution in [0.4, 0.5) is 4.79 Å². The molecule has 0 radical (unpaired) electrons. The number of nitrogens with zero attached hydrogens (tertiary/aromatic N) is 4. The molecule has 0 unspecified atom stereocenters. The van der Waals surface area contributed by atoms with E-state index in [1.54, 1.807) is 18.2 Å². The van der Waals surface area contributed by atoms with Crippen molar-refractivity contribution in [2.45, 2.75) is 58.0 Å². The first-order valence-corrected chi connectivity index (χ1v) is 15.0. The summed E-state index contributed by atoms with van der Waals surface area (Å²) in [5.41, 5.74) is 3.26. The molecule has 1 aliphatic rings. The first-order valence-electron chi connectivity index (χ1n) is 11.9. The molecule has 1 amide bonds. The van der Waals surface area contributed by atoms with Gasteiger partial charge >= 0.3 is 6.09 Å². The van der Waals surface area contributed by atoms with Crippen LogP contribution >= 0.6 is 10.0 Å². The van der Waals surface area contributed by atoms with E-state index in [2.05, 4.69) is 28.7 Å². The number of likely N-dealkylation sites (tertiary alicyclic amines) is 1. The predicted octanol–water partition coefficient (Wildman–Crippen LogP) is 3.95. The van der Waals surface area contributed by atoms with Gasteiger partial charge in [-0.1, -0.05) is 12.4 Å². The van der Waals surface area contributed by atoms with E-state index in [0.29, 0.717) is 31.3 Å². The maximum atomic E-state index is 12.2. The van der Waals surface area contributed by atoms with E-state index in [1.807, 2.05) is 27.0 Å². The average molecular weight is 734 g/mol. The number of aryl methyl sites for hydroxylation is 1. The van der Waals surface area contributed by atoms with Crippen molar-refractivity contribution in [3.05, 3.63) is 23.7 Å². The maximum Gasteiger partial charge on any atom is 0.410 e. The minimum atomic E-state index is -0.464. The Bertz CT molecular complexity index is 903. The van der Waals surface area contributed by atoms with Crippen LogP contribution < -0.4 is 4.98 Å². The summed E-state index contributed by atoms with van der Waals surface area (Å²) < 4.78 is 10.6. The second-order valence-electron chi connectivity index (χ2n) is 10.6. The molecule has 1 saturated heterocycles. The quantitative estimate of drug-likeness (QED) is 0.431. The van der Waals surface area contributed by atoms with Gasteiger partial charge in [0.2, 0.25) is 0 Å². The van der Waals surface area contributed by atoms with Gasteiger partial charge in [0.25, 0.3) is 0 Å². The van der Waals surface area contributed by atoms with Gasteiger partial charge in [0.05, 0.1) is 12.1 Å². The number of carbonyl (C=O) groups excluding carboxylic acids is 1. The van der Waals surface area contributed by atoms with E-state index in [-0.39, 0.29) is 37.2 Å². The second-order valence-corrected chi connectivity index (χ2v) is 15.2. The number of carbonyl (C=O) groups is 1. The van der Waals surface area contributed by atoms with Crippen LogP contribution in [-0.4, -0.2) is 89.6 Å². The number of aromatic nitrogens is 3. The fraction of sp³-hybridized carbons (Fsp3) is 0.720. The van der Waals surface area contributed by atoms with Crippen molar-refractivity contribution in [2.24, 2.45) is 0 Å². The molecule has 0 bridgehead atoms. The zero-order valence-corrected chi connectivity index (χ0v) is 27.4. The van der Waals surface area contributed by atoms with E-state index in [4.69, 9.17) is 19.6 Å². The summed E-state index contributed by atoms with van der Waals surface area (Å²) >= 11 is 0. The normalized spacial score (nSPS) is 15.3. The molecule has 35 heavy (non-hydrogen) atoms. The molecular weight excluding hydrogens is 690 g/mol. The number of amides is 1. The van der Waals surface area contributed by atoms with Crippen molar-refractivity contribution in [3.8, 4) is 0 Å². The van der Waals surface area contributed by atoms with Crippen LogP contribution in [0.1, 0.15) is 57.2 Å². The topological polar surface area (TPSA) is 98.9 Å². The number of piperidine rings is 1. The molecule has 1 fully saturated rings. The Labute approximate surface area is 236 Å². The summed E-state index contributed by atoms with van der Waals surface area (Å²) in [6.07, 6.45) is 13.6. The summed E-state index contributed by atoms with van der Waals surface area (Å²) in [4.78, 5) is 27.7. The van der Waals surface area contributed by atoms with Gasteiger partial charge in [0, 0.05) is 63.6 Å². The average Bonchev–Trinajstić information content (AvgIpc) is 3.16. The number of fused-ring (bicyclic) bond motifs is 1. The SMILES string of the molecule is COCCCc1cnc2[n-]cc(C3CCN(C(=O)OC(C)(C)C)CC3)c2n1.CS(C)(C)CCO.[U]. The Morgan fingerprint density at radius 3 is 2.43 bits per heavy atom. The molecule has 0 spiro atoms. The molecule has 0 saturated carbocycles. The number of aliphatic hydroxyl groups is 1. The fourth-order valence-corrected chi connectivity index (χ4v) is 4.24. The Hall–Kier alpha value is -0.788. The van der Waals surface area contributed by atoms with Crippen molar-refractivity contribution in [2.75, 3.05) is 57.9 Å². The van der Waals surface area contributed by atoms with Crippen LogP contribution in [0, 0.1) is 31.1 Å². The number of rotatable bonds is 7. The molecule has 10 heteroatoms. The van der Waals surface area contributed by atoms with E-state index >= 15 is 0 Å². The first kappa shape index (κ1) is 32.2. The Kier molecular flexibility index (Phi) is 13.7. The van der Waals surface area contributed by atoms with Gasteiger partial charge in [-0.15, -0.1) is 0 Å². The molecule has 0 aromatic carbocycles. The van der Waals surface area contributed by atoms with Crippen molar-refractivity contribution in [1.29, 1.82) is 0 Å². The third kappa shape index (κ3) is 11.4. The molecule has 3 rings (SSSR count). The molecule has 0 atom stereocenters. The molecule has 1 N–H and O–H groups in total. The zero-order chi connectivity index (χ0) is 25.4. The Morgan fingerprint density at radius 2 is 1.91 bits per heavy atom. The molecule has 198 valence electrons. The molecular formula is C25H43N4O4SU-. The van der Waals surface area contributed by atoms with Gasteiger partial charge in [-0.2, -0.15) is 0 Å². The maximum absolute atomic E-state index is 12.2. The van der Waals surface area contributed by atoms with Crippen LogP contribution in [0.2, 0.25) is 0 Å². The van der Waals surface area contributed by atoms with Crippen molar-refractivity contribution >= 4 is 27.3 Å². The van der Waals surface area contributed by atoms with Gasteiger partial charge < -0.3 is 29.4 Å². The minimum absolute atomic E-state index is 0. The molecule has 0 aliphatic carbocycles. The van der Waals surface area contributed by atoms with Crippen LogP contribution in [0.5, 0.6) is 0 Å². The fourth-order valence-electron chi connectivity index (χ4n) is 3.69. The number of methoxy groups -OCH3 is 1. The first-order chi connectivity index (χ1) is 15.9. The van der Waals surface area contributed by atoms with Crippen molar-refractivity contribution < 1.29 is 50.5 Å². The third-order valence-corrected chi connectivity index (χ3v) is 6.88. The summed E-state index contributed by atoms with van der Waals surface area (Å²) in [6, 6.07) is 0. The van der Waals surface area contributed by atoms with Gasteiger partial charge in [-0.05, 0) is 88.1 Å².